The molecule has 1 aliphatic heterocycles. The highest BCUT2D eigenvalue weighted by atomic mass is 79.9. The summed E-state index contributed by atoms with van der Waals surface area (Å²) in [7, 11) is 1.68. The molecule has 1 N–H and O–H groups in total. The van der Waals surface area contributed by atoms with Gasteiger partial charge in [-0.25, -0.2) is 0 Å². The van der Waals surface area contributed by atoms with Crippen LogP contribution in [0.5, 0.6) is 0 Å². The first kappa shape index (κ1) is 12.4. The van der Waals surface area contributed by atoms with Gasteiger partial charge >= 0.3 is 0 Å². The summed E-state index contributed by atoms with van der Waals surface area (Å²) < 4.78 is 0.837. The molecule has 0 aromatic heterocycles. The van der Waals surface area contributed by atoms with Crippen molar-refractivity contribution in [1.29, 1.82) is 0 Å². The summed E-state index contributed by atoms with van der Waals surface area (Å²) in [5.41, 5.74) is 0.332. The zero-order chi connectivity index (χ0) is 13.6. The Kier molecular flexibility index (Phi) is 2.73. The van der Waals surface area contributed by atoms with E-state index in [0.29, 0.717) is 11.1 Å². The number of carbonyl (C=O) groups excluding carboxylic acids is 1. The minimum Gasteiger partial charge on any atom is -0.372 e. The highest BCUT2D eigenvalue weighted by Crippen LogP contribution is 2.44. The molecule has 0 bridgehead atoms. The van der Waals surface area contributed by atoms with Gasteiger partial charge in [-0.3, -0.25) is 4.79 Å². The highest BCUT2D eigenvalue weighted by Gasteiger charge is 2.49. The van der Waals surface area contributed by atoms with Gasteiger partial charge in [0.25, 0.3) is 5.91 Å². The topological polar surface area (TPSA) is 40.5 Å². The van der Waals surface area contributed by atoms with Gasteiger partial charge in [0.2, 0.25) is 0 Å². The molecule has 0 aliphatic carbocycles. The molecule has 1 aliphatic rings. The Balaban J connectivity index is 2.29. The van der Waals surface area contributed by atoms with Crippen LogP contribution in [0.4, 0.5) is 5.69 Å². The van der Waals surface area contributed by atoms with Gasteiger partial charge in [0.1, 0.15) is 0 Å². The van der Waals surface area contributed by atoms with E-state index in [2.05, 4.69) is 15.9 Å². The van der Waals surface area contributed by atoms with Gasteiger partial charge in [-0.15, -0.1) is 0 Å². The lowest BCUT2D eigenvalue weighted by Gasteiger charge is -2.22. The molecule has 0 fully saturated rings. The number of hydrogen-bond donors (Lipinski definition) is 1. The third-order valence-electron chi connectivity index (χ3n) is 3.52. The second kappa shape index (κ2) is 4.18. The molecular formula is C15H12BrNO2. The van der Waals surface area contributed by atoms with Crippen LogP contribution in [0.2, 0.25) is 0 Å². The largest absolute Gasteiger partial charge is 0.372 e. The Morgan fingerprint density at radius 1 is 1.16 bits per heavy atom. The van der Waals surface area contributed by atoms with Crippen molar-refractivity contribution in [3.05, 3.63) is 64.1 Å². The minimum absolute atomic E-state index is 0.327. The van der Waals surface area contributed by atoms with Crippen LogP contribution in [0.1, 0.15) is 11.1 Å². The number of halogens is 1. The van der Waals surface area contributed by atoms with Crippen molar-refractivity contribution in [1.82, 2.24) is 0 Å². The molecule has 1 amide bonds. The maximum absolute atomic E-state index is 12.5. The van der Waals surface area contributed by atoms with E-state index < -0.39 is 5.60 Å². The van der Waals surface area contributed by atoms with Crippen LogP contribution in [0.25, 0.3) is 0 Å². The van der Waals surface area contributed by atoms with Crippen LogP contribution in [0.3, 0.4) is 0 Å². The van der Waals surface area contributed by atoms with E-state index >= 15 is 0 Å². The van der Waals surface area contributed by atoms with Gasteiger partial charge in [0.15, 0.2) is 5.60 Å². The van der Waals surface area contributed by atoms with Crippen molar-refractivity contribution in [2.75, 3.05) is 11.9 Å². The molecular weight excluding hydrogens is 306 g/mol. The van der Waals surface area contributed by atoms with Crippen molar-refractivity contribution in [3.8, 4) is 0 Å². The summed E-state index contributed by atoms with van der Waals surface area (Å²) in [6.07, 6.45) is 0. The molecule has 0 unspecified atom stereocenters. The van der Waals surface area contributed by atoms with Crippen LogP contribution in [-0.4, -0.2) is 18.1 Å². The van der Waals surface area contributed by atoms with E-state index in [1.54, 1.807) is 25.2 Å². The monoisotopic (exact) mass is 317 g/mol. The van der Waals surface area contributed by atoms with Crippen LogP contribution in [-0.2, 0) is 10.4 Å². The molecule has 1 heterocycles. The van der Waals surface area contributed by atoms with Crippen LogP contribution in [0, 0.1) is 0 Å². The molecule has 1 atom stereocenters. The molecule has 3 nitrogen and oxygen atoms in total. The average Bonchev–Trinajstić information content (AvgIpc) is 2.63. The Labute approximate surface area is 119 Å². The van der Waals surface area contributed by atoms with Gasteiger partial charge in [0.05, 0.1) is 5.69 Å². The fraction of sp³-hybridized carbons (Fsp3) is 0.133. The first-order valence-electron chi connectivity index (χ1n) is 5.91. The molecule has 2 aromatic rings. The lowest BCUT2D eigenvalue weighted by atomic mass is 9.88. The predicted octanol–water partition coefficient (Wildman–Crippen LogP) is 2.66. The number of nitrogens with zero attached hydrogens (tertiary/aromatic N) is 1. The van der Waals surface area contributed by atoms with E-state index in [4.69, 9.17) is 0 Å². The number of aliphatic hydroxyl groups is 1. The number of anilines is 1. The van der Waals surface area contributed by atoms with E-state index in [1.165, 1.54) is 4.90 Å². The van der Waals surface area contributed by atoms with Gasteiger partial charge in [-0.05, 0) is 23.8 Å². The highest BCUT2D eigenvalue weighted by molar-refractivity contribution is 9.10. The standard InChI is InChI=1S/C15H12BrNO2/c1-17-13-8-7-11(16)9-12(13)15(19,14(17)18)10-5-3-2-4-6-10/h2-9,19H,1H3/t15-/m0/s1. The average molecular weight is 318 g/mol. The fourth-order valence-corrected chi connectivity index (χ4v) is 2.88. The first-order chi connectivity index (χ1) is 9.05. The maximum atomic E-state index is 12.5. The number of likely N-dealkylation sites (N-methyl/N-ethyl adjacent to an activating group) is 1. The fourth-order valence-electron chi connectivity index (χ4n) is 2.52. The summed E-state index contributed by atoms with van der Waals surface area (Å²) in [5.74, 6) is -0.327. The molecule has 96 valence electrons. The third kappa shape index (κ3) is 1.64. The Hall–Kier alpha value is -1.65. The zero-order valence-electron chi connectivity index (χ0n) is 10.3. The molecule has 0 saturated heterocycles. The van der Waals surface area contributed by atoms with Crippen LogP contribution < -0.4 is 4.90 Å². The van der Waals surface area contributed by atoms with Crippen molar-refractivity contribution in [3.63, 3.8) is 0 Å². The van der Waals surface area contributed by atoms with E-state index in [1.807, 2.05) is 30.3 Å². The summed E-state index contributed by atoms with van der Waals surface area (Å²) in [6.45, 7) is 0. The quantitative estimate of drug-likeness (QED) is 0.878. The second-order valence-corrected chi connectivity index (χ2v) is 5.52. The van der Waals surface area contributed by atoms with Crippen molar-refractivity contribution < 1.29 is 9.90 Å². The molecule has 0 radical (unpaired) electrons. The number of benzene rings is 2. The third-order valence-corrected chi connectivity index (χ3v) is 4.01. The lowest BCUT2D eigenvalue weighted by molar-refractivity contribution is -0.131. The second-order valence-electron chi connectivity index (χ2n) is 4.60. The lowest BCUT2D eigenvalue weighted by Crippen LogP contribution is -2.39. The van der Waals surface area contributed by atoms with Gasteiger partial charge in [0, 0.05) is 17.1 Å². The summed E-state index contributed by atoms with van der Waals surface area (Å²) >= 11 is 3.39. The number of fused-ring (bicyclic) bond motifs is 1. The number of hydrogen-bond acceptors (Lipinski definition) is 2. The summed E-state index contributed by atoms with van der Waals surface area (Å²) in [4.78, 5) is 14.0. The molecule has 4 heteroatoms. The maximum Gasteiger partial charge on any atom is 0.268 e. The molecule has 2 aromatic carbocycles. The molecule has 0 spiro atoms. The van der Waals surface area contributed by atoms with Crippen molar-refractivity contribution in [2.24, 2.45) is 0 Å². The summed E-state index contributed by atoms with van der Waals surface area (Å²) in [6, 6.07) is 14.5. The number of carbonyl (C=O) groups is 1. The first-order valence-corrected chi connectivity index (χ1v) is 6.70. The van der Waals surface area contributed by atoms with Gasteiger partial charge < -0.3 is 10.0 Å². The van der Waals surface area contributed by atoms with Crippen molar-refractivity contribution >= 4 is 27.5 Å². The van der Waals surface area contributed by atoms with Crippen LogP contribution in [0.15, 0.2) is 53.0 Å². The van der Waals surface area contributed by atoms with E-state index in [0.717, 1.165) is 10.2 Å². The van der Waals surface area contributed by atoms with E-state index in [9.17, 15) is 9.90 Å². The Bertz CT molecular complexity index is 656. The Morgan fingerprint density at radius 3 is 2.53 bits per heavy atom. The van der Waals surface area contributed by atoms with Gasteiger partial charge in [-0.2, -0.15) is 0 Å². The molecule has 3 rings (SSSR count). The van der Waals surface area contributed by atoms with Crippen LogP contribution >= 0.6 is 15.9 Å². The molecule has 19 heavy (non-hydrogen) atoms. The minimum atomic E-state index is -1.60. The SMILES string of the molecule is CN1C(=O)[C@](O)(c2ccccc2)c2cc(Br)ccc21. The number of rotatable bonds is 1. The zero-order valence-corrected chi connectivity index (χ0v) is 11.9. The normalized spacial score (nSPS) is 21.6. The summed E-state index contributed by atoms with van der Waals surface area (Å²) in [5, 5.41) is 11.0. The Morgan fingerprint density at radius 2 is 1.84 bits per heavy atom. The van der Waals surface area contributed by atoms with Gasteiger partial charge in [-0.1, -0.05) is 46.3 Å². The number of amides is 1. The molecule has 0 saturated carbocycles. The smallest absolute Gasteiger partial charge is 0.268 e. The predicted molar refractivity (Wildman–Crippen MR) is 77.0 cm³/mol. The van der Waals surface area contributed by atoms with E-state index in [-0.39, 0.29) is 5.91 Å². The van der Waals surface area contributed by atoms with Crippen molar-refractivity contribution in [2.45, 2.75) is 5.60 Å².